The second-order valence-electron chi connectivity index (χ2n) is 5.70. The van der Waals surface area contributed by atoms with Gasteiger partial charge in [-0.25, -0.2) is 0 Å². The van der Waals surface area contributed by atoms with Gasteiger partial charge in [-0.15, -0.1) is 0 Å². The summed E-state index contributed by atoms with van der Waals surface area (Å²) in [6.45, 7) is 24.0. The van der Waals surface area contributed by atoms with E-state index in [2.05, 4.69) is 48.5 Å². The highest BCUT2D eigenvalue weighted by Crippen LogP contribution is 2.00. The van der Waals surface area contributed by atoms with Gasteiger partial charge in [0.25, 0.3) is 0 Å². The van der Waals surface area contributed by atoms with Crippen LogP contribution >= 0.6 is 0 Å². The second-order valence-corrected chi connectivity index (χ2v) is 5.70. The molecule has 1 unspecified atom stereocenters. The van der Waals surface area contributed by atoms with Gasteiger partial charge in [-0.1, -0.05) is 95.4 Å². The van der Waals surface area contributed by atoms with Gasteiger partial charge in [-0.05, 0) is 18.3 Å². The lowest BCUT2D eigenvalue weighted by molar-refractivity contribution is 0.576. The van der Waals surface area contributed by atoms with E-state index in [1.165, 1.54) is 12.8 Å². The van der Waals surface area contributed by atoms with Crippen LogP contribution in [0.2, 0.25) is 0 Å². The third-order valence-corrected chi connectivity index (χ3v) is 1.83. The van der Waals surface area contributed by atoms with E-state index in [0.29, 0.717) is 6.54 Å². The Kier molecular flexibility index (Phi) is 57.4. The molecule has 0 saturated carbocycles. The zero-order chi connectivity index (χ0) is 18.3. The molecule has 2 heteroatoms. The van der Waals surface area contributed by atoms with E-state index in [4.69, 9.17) is 11.5 Å². The van der Waals surface area contributed by atoms with Crippen LogP contribution in [0.25, 0.3) is 0 Å². The van der Waals surface area contributed by atoms with Gasteiger partial charge >= 0.3 is 0 Å². The lowest BCUT2D eigenvalue weighted by Gasteiger charge is -2.03. The number of rotatable bonds is 5. The van der Waals surface area contributed by atoms with Crippen molar-refractivity contribution in [3.63, 3.8) is 0 Å². The summed E-state index contributed by atoms with van der Waals surface area (Å²) < 4.78 is 0. The Morgan fingerprint density at radius 1 is 0.714 bits per heavy atom. The van der Waals surface area contributed by atoms with E-state index in [-0.39, 0.29) is 6.04 Å². The molecule has 4 N–H and O–H groups in total. The Morgan fingerprint density at radius 3 is 1.05 bits per heavy atom. The normalized spacial score (nSPS) is 9.86. The Labute approximate surface area is 138 Å². The highest BCUT2D eigenvalue weighted by atomic mass is 14.7. The highest BCUT2D eigenvalue weighted by molar-refractivity contribution is 4.58. The molecule has 2 nitrogen and oxygen atoms in total. The minimum absolute atomic E-state index is 0.227. The smallest absolute Gasteiger partial charge is 0.0162 e. The van der Waals surface area contributed by atoms with Crippen molar-refractivity contribution in [3.8, 4) is 0 Å². The third-order valence-electron chi connectivity index (χ3n) is 1.83. The molecule has 0 fully saturated rings. The molecular formula is C19H50N2. The largest absolute Gasteiger partial charge is 0.329 e. The number of hydrogen-bond donors (Lipinski definition) is 2. The van der Waals surface area contributed by atoms with Crippen molar-refractivity contribution in [2.75, 3.05) is 6.54 Å². The first-order chi connectivity index (χ1) is 9.81. The molecule has 0 aromatic rings. The molecule has 0 aromatic heterocycles. The highest BCUT2D eigenvalue weighted by Gasteiger charge is 1.93. The Bertz CT molecular complexity index is 109. The molecule has 0 aliphatic rings. The molecule has 0 aromatic carbocycles. The van der Waals surface area contributed by atoms with Crippen LogP contribution in [0, 0.1) is 11.8 Å². The summed E-state index contributed by atoms with van der Waals surface area (Å²) in [6, 6.07) is 0.227. The fourth-order valence-corrected chi connectivity index (χ4v) is 1.07. The zero-order valence-corrected chi connectivity index (χ0v) is 17.4. The van der Waals surface area contributed by atoms with Gasteiger partial charge in [0.2, 0.25) is 0 Å². The van der Waals surface area contributed by atoms with E-state index in [1.54, 1.807) is 0 Å². The van der Waals surface area contributed by atoms with E-state index in [1.807, 2.05) is 27.7 Å². The van der Waals surface area contributed by atoms with Crippen molar-refractivity contribution < 1.29 is 0 Å². The molecule has 21 heavy (non-hydrogen) atoms. The van der Waals surface area contributed by atoms with Gasteiger partial charge in [0.05, 0.1) is 0 Å². The van der Waals surface area contributed by atoms with Crippen LogP contribution < -0.4 is 11.5 Å². The van der Waals surface area contributed by atoms with Crippen molar-refractivity contribution >= 4 is 0 Å². The van der Waals surface area contributed by atoms with Gasteiger partial charge in [0, 0.05) is 12.6 Å². The Morgan fingerprint density at radius 2 is 1.00 bits per heavy atom. The summed E-state index contributed by atoms with van der Waals surface area (Å²) in [7, 11) is 0. The molecule has 0 aliphatic carbocycles. The summed E-state index contributed by atoms with van der Waals surface area (Å²) in [4.78, 5) is 0. The SMILES string of the molecule is CC.CC.CC(C)C.CCCC(C)C.CCCC(N)CN. The second kappa shape index (κ2) is 36.8. The summed E-state index contributed by atoms with van der Waals surface area (Å²) in [5.74, 6) is 1.73. The molecule has 0 amide bonds. The van der Waals surface area contributed by atoms with E-state index in [0.717, 1.165) is 24.7 Å². The van der Waals surface area contributed by atoms with Gasteiger partial charge < -0.3 is 11.5 Å². The minimum Gasteiger partial charge on any atom is -0.329 e. The average molecular weight is 307 g/mol. The fourth-order valence-electron chi connectivity index (χ4n) is 1.07. The van der Waals surface area contributed by atoms with Gasteiger partial charge in [-0.3, -0.25) is 0 Å². The van der Waals surface area contributed by atoms with Crippen molar-refractivity contribution in [3.05, 3.63) is 0 Å². The average Bonchev–Trinajstić information content (AvgIpc) is 2.43. The summed E-state index contributed by atoms with van der Waals surface area (Å²) in [6.07, 6.45) is 4.90. The van der Waals surface area contributed by atoms with Crippen LogP contribution in [0.4, 0.5) is 0 Å². The van der Waals surface area contributed by atoms with E-state index in [9.17, 15) is 0 Å². The van der Waals surface area contributed by atoms with Gasteiger partial charge in [0.1, 0.15) is 0 Å². The third kappa shape index (κ3) is 102. The lowest BCUT2D eigenvalue weighted by atomic mass is 10.1. The van der Waals surface area contributed by atoms with Crippen LogP contribution in [0.15, 0.2) is 0 Å². The maximum atomic E-state index is 5.46. The lowest BCUT2D eigenvalue weighted by Crippen LogP contribution is -2.28. The maximum absolute atomic E-state index is 5.46. The first kappa shape index (κ1) is 32.8. The first-order valence-electron chi connectivity index (χ1n) is 9.27. The van der Waals surface area contributed by atoms with Crippen LogP contribution in [-0.4, -0.2) is 12.6 Å². The molecule has 0 saturated heterocycles. The molecule has 1 atom stereocenters. The minimum atomic E-state index is 0.227. The van der Waals surface area contributed by atoms with Crippen molar-refractivity contribution in [1.29, 1.82) is 0 Å². The molecular weight excluding hydrogens is 256 g/mol. The van der Waals surface area contributed by atoms with Crippen LogP contribution in [0.3, 0.4) is 0 Å². The van der Waals surface area contributed by atoms with Crippen molar-refractivity contribution in [2.24, 2.45) is 23.3 Å². The van der Waals surface area contributed by atoms with Gasteiger partial charge in [-0.2, -0.15) is 0 Å². The summed E-state index contributed by atoms with van der Waals surface area (Å²) in [5.41, 5.74) is 10.7. The van der Waals surface area contributed by atoms with Gasteiger partial charge in [0.15, 0.2) is 0 Å². The molecule has 0 rings (SSSR count). The zero-order valence-electron chi connectivity index (χ0n) is 17.4. The monoisotopic (exact) mass is 306 g/mol. The first-order valence-corrected chi connectivity index (χ1v) is 9.27. The van der Waals surface area contributed by atoms with Crippen LogP contribution in [0.1, 0.15) is 102 Å². The topological polar surface area (TPSA) is 52.0 Å². The van der Waals surface area contributed by atoms with E-state index < -0.39 is 0 Å². The number of hydrogen-bond acceptors (Lipinski definition) is 2. The summed E-state index contributed by atoms with van der Waals surface area (Å²) >= 11 is 0. The van der Waals surface area contributed by atoms with Crippen LogP contribution in [0.5, 0.6) is 0 Å². The predicted molar refractivity (Wildman–Crippen MR) is 105 cm³/mol. The molecule has 0 spiro atoms. The fraction of sp³-hybridized carbons (Fsp3) is 1.00. The predicted octanol–water partition coefficient (Wildman–Crippen LogP) is 6.23. The maximum Gasteiger partial charge on any atom is 0.0162 e. The quantitative estimate of drug-likeness (QED) is 0.632. The Balaban J connectivity index is -0.0000000557. The standard InChI is InChI=1S/C6H14.C5H14N2.C4H10.2C2H6/c1-4-5-6(2)3;1-2-3-5(7)4-6;1-4(2)3;2*1-2/h6H,4-5H2,1-3H3;5H,2-4,6-7H2,1H3;4H,1-3H3;2*1-2H3. The summed E-state index contributed by atoms with van der Waals surface area (Å²) in [5, 5.41) is 0. The molecule has 0 bridgehead atoms. The van der Waals surface area contributed by atoms with E-state index >= 15 is 0 Å². The van der Waals surface area contributed by atoms with Crippen LogP contribution in [-0.2, 0) is 0 Å². The van der Waals surface area contributed by atoms with Crippen molar-refractivity contribution in [1.82, 2.24) is 0 Å². The van der Waals surface area contributed by atoms with Crippen molar-refractivity contribution in [2.45, 2.75) is 108 Å². The molecule has 0 aliphatic heterocycles. The number of nitrogens with two attached hydrogens (primary N) is 2. The molecule has 136 valence electrons. The molecule has 0 heterocycles. The molecule has 0 radical (unpaired) electrons. The Hall–Kier alpha value is -0.0800.